The smallest absolute Gasteiger partial charge is 0.326 e. The molecular weight excluding hydrogens is 250 g/mol. The highest BCUT2D eigenvalue weighted by Crippen LogP contribution is 2.54. The molecule has 1 unspecified atom stereocenters. The Morgan fingerprint density at radius 3 is 1.69 bits per heavy atom. The highest BCUT2D eigenvalue weighted by molar-refractivity contribution is 7.63. The molecule has 0 bridgehead atoms. The second-order valence-electron chi connectivity index (χ2n) is 3.00. The van der Waals surface area contributed by atoms with Crippen molar-refractivity contribution in [2.45, 2.75) is 20.8 Å². The zero-order valence-electron chi connectivity index (χ0n) is 10.2. The molecule has 0 aromatic heterocycles. The predicted octanol–water partition coefficient (Wildman–Crippen LogP) is 3.67. The van der Waals surface area contributed by atoms with Crippen molar-refractivity contribution in [1.29, 1.82) is 0 Å². The van der Waals surface area contributed by atoms with Crippen LogP contribution in [0.4, 0.5) is 0 Å². The summed E-state index contributed by atoms with van der Waals surface area (Å²) in [6.45, 7) is 7.51. The van der Waals surface area contributed by atoms with E-state index in [4.69, 9.17) is 13.6 Å². The molecule has 0 rings (SSSR count). The SMILES string of the molecule is CCOP(C)(=O)C=CP(=O)(OCC)OCC. The fourth-order valence-electron chi connectivity index (χ4n) is 0.985. The van der Waals surface area contributed by atoms with E-state index in [-0.39, 0.29) is 13.2 Å². The van der Waals surface area contributed by atoms with E-state index in [1.807, 2.05) is 0 Å². The van der Waals surface area contributed by atoms with Crippen LogP contribution in [0.15, 0.2) is 11.6 Å². The summed E-state index contributed by atoms with van der Waals surface area (Å²) in [5.41, 5.74) is 0. The summed E-state index contributed by atoms with van der Waals surface area (Å²) in [7, 11) is -6.12. The fourth-order valence-corrected chi connectivity index (χ4v) is 4.17. The van der Waals surface area contributed by atoms with E-state index < -0.39 is 15.0 Å². The molecule has 0 aromatic rings. The first-order valence-electron chi connectivity index (χ1n) is 5.20. The van der Waals surface area contributed by atoms with Gasteiger partial charge in [-0.05, 0) is 20.8 Å². The lowest BCUT2D eigenvalue weighted by atomic mass is 10.9. The summed E-state index contributed by atoms with van der Waals surface area (Å²) in [4.78, 5) is 0. The minimum atomic E-state index is -3.27. The maximum Gasteiger partial charge on any atom is 0.354 e. The van der Waals surface area contributed by atoms with E-state index in [2.05, 4.69) is 0 Å². The lowest BCUT2D eigenvalue weighted by Gasteiger charge is -2.13. The molecule has 0 aliphatic rings. The fraction of sp³-hybridized carbons (Fsp3) is 0.778. The van der Waals surface area contributed by atoms with Crippen LogP contribution in [0, 0.1) is 0 Å². The maximum absolute atomic E-state index is 12.0. The van der Waals surface area contributed by atoms with Crippen LogP contribution in [-0.4, -0.2) is 26.5 Å². The molecule has 0 amide bonds. The van der Waals surface area contributed by atoms with Gasteiger partial charge in [-0.2, -0.15) is 0 Å². The quantitative estimate of drug-likeness (QED) is 0.630. The highest BCUT2D eigenvalue weighted by Gasteiger charge is 2.21. The number of hydrogen-bond acceptors (Lipinski definition) is 5. The summed E-state index contributed by atoms with van der Waals surface area (Å²) in [6.07, 6.45) is 0. The van der Waals surface area contributed by atoms with Crippen LogP contribution in [0.1, 0.15) is 20.8 Å². The Balaban J connectivity index is 4.68. The first kappa shape index (κ1) is 16.1. The Morgan fingerprint density at radius 2 is 1.31 bits per heavy atom. The molecule has 0 heterocycles. The third-order valence-electron chi connectivity index (χ3n) is 1.52. The average Bonchev–Trinajstić information content (AvgIpc) is 2.16. The molecule has 0 aromatic carbocycles. The van der Waals surface area contributed by atoms with Crippen molar-refractivity contribution in [2.24, 2.45) is 0 Å². The molecule has 0 radical (unpaired) electrons. The van der Waals surface area contributed by atoms with Crippen LogP contribution >= 0.6 is 15.0 Å². The maximum atomic E-state index is 12.0. The molecule has 0 aliphatic heterocycles. The van der Waals surface area contributed by atoms with Crippen LogP contribution in [0.5, 0.6) is 0 Å². The average molecular weight is 270 g/mol. The molecule has 5 nitrogen and oxygen atoms in total. The third-order valence-corrected chi connectivity index (χ3v) is 4.97. The Labute approximate surface area is 97.1 Å². The molecule has 1 atom stereocenters. The molecule has 96 valence electrons. The summed E-state index contributed by atoms with van der Waals surface area (Å²) >= 11 is 0. The van der Waals surface area contributed by atoms with Crippen molar-refractivity contribution in [3.8, 4) is 0 Å². The van der Waals surface area contributed by atoms with Gasteiger partial charge in [-0.1, -0.05) is 0 Å². The summed E-state index contributed by atoms with van der Waals surface area (Å²) in [5, 5.41) is 0. The standard InChI is InChI=1S/C9H20O5P2/c1-5-12-15(4,10)8-9-16(11,13-6-2)14-7-3/h8-9H,5-7H2,1-4H3. The normalized spacial score (nSPS) is 16.5. The largest absolute Gasteiger partial charge is 0.354 e. The molecule has 0 saturated carbocycles. The van der Waals surface area contributed by atoms with Gasteiger partial charge in [0.05, 0.1) is 19.8 Å². The molecule has 0 spiro atoms. The van der Waals surface area contributed by atoms with Crippen LogP contribution in [0.25, 0.3) is 0 Å². The number of rotatable bonds is 8. The van der Waals surface area contributed by atoms with E-state index in [1.165, 1.54) is 18.3 Å². The lowest BCUT2D eigenvalue weighted by molar-refractivity contribution is 0.229. The van der Waals surface area contributed by atoms with Crippen molar-refractivity contribution < 1.29 is 22.7 Å². The van der Waals surface area contributed by atoms with Crippen molar-refractivity contribution >= 4 is 15.0 Å². The van der Waals surface area contributed by atoms with E-state index in [0.717, 1.165) is 0 Å². The molecule has 0 aliphatic carbocycles. The van der Waals surface area contributed by atoms with Gasteiger partial charge < -0.3 is 13.6 Å². The second kappa shape index (κ2) is 7.41. The Kier molecular flexibility index (Phi) is 7.45. The molecular formula is C9H20O5P2. The topological polar surface area (TPSA) is 61.8 Å². The van der Waals surface area contributed by atoms with Gasteiger partial charge in [0.15, 0.2) is 0 Å². The molecule has 0 saturated heterocycles. The van der Waals surface area contributed by atoms with Gasteiger partial charge in [0.2, 0.25) is 7.37 Å². The minimum absolute atomic E-state index is 0.268. The first-order valence-corrected chi connectivity index (χ1v) is 8.95. The highest BCUT2D eigenvalue weighted by atomic mass is 31.2. The third kappa shape index (κ3) is 6.62. The molecule has 16 heavy (non-hydrogen) atoms. The summed E-state index contributed by atoms with van der Waals surface area (Å²) in [5.74, 6) is 2.50. The van der Waals surface area contributed by atoms with E-state index >= 15 is 0 Å². The van der Waals surface area contributed by atoms with Crippen LogP contribution in [-0.2, 0) is 22.7 Å². The van der Waals surface area contributed by atoms with Gasteiger partial charge in [0.25, 0.3) is 0 Å². The molecule has 7 heteroatoms. The van der Waals surface area contributed by atoms with E-state index in [0.29, 0.717) is 6.61 Å². The Bertz CT molecular complexity index is 303. The molecule has 0 fully saturated rings. The van der Waals surface area contributed by atoms with Crippen molar-refractivity contribution in [3.05, 3.63) is 11.6 Å². The zero-order valence-corrected chi connectivity index (χ0v) is 12.0. The van der Waals surface area contributed by atoms with Crippen molar-refractivity contribution in [1.82, 2.24) is 0 Å². The lowest BCUT2D eigenvalue weighted by Crippen LogP contribution is -1.93. The Hall–Kier alpha value is 0.0800. The van der Waals surface area contributed by atoms with Crippen LogP contribution in [0.3, 0.4) is 0 Å². The minimum Gasteiger partial charge on any atom is -0.326 e. The van der Waals surface area contributed by atoms with Gasteiger partial charge in [-0.15, -0.1) is 0 Å². The van der Waals surface area contributed by atoms with Gasteiger partial charge >= 0.3 is 7.60 Å². The van der Waals surface area contributed by atoms with Gasteiger partial charge in [0.1, 0.15) is 0 Å². The van der Waals surface area contributed by atoms with Crippen LogP contribution in [0.2, 0.25) is 0 Å². The Morgan fingerprint density at radius 1 is 0.875 bits per heavy atom. The van der Waals surface area contributed by atoms with Gasteiger partial charge in [0, 0.05) is 18.3 Å². The zero-order chi connectivity index (χ0) is 12.7. The first-order chi connectivity index (χ1) is 7.39. The monoisotopic (exact) mass is 270 g/mol. The van der Waals surface area contributed by atoms with Gasteiger partial charge in [-0.25, -0.2) is 0 Å². The van der Waals surface area contributed by atoms with Crippen molar-refractivity contribution in [2.75, 3.05) is 26.5 Å². The molecule has 0 N–H and O–H groups in total. The summed E-state index contributed by atoms with van der Waals surface area (Å²) in [6, 6.07) is 0. The number of hydrogen-bond donors (Lipinski definition) is 0. The van der Waals surface area contributed by atoms with Gasteiger partial charge in [-0.3, -0.25) is 9.13 Å². The predicted molar refractivity (Wildman–Crippen MR) is 65.2 cm³/mol. The van der Waals surface area contributed by atoms with Crippen molar-refractivity contribution in [3.63, 3.8) is 0 Å². The summed E-state index contributed by atoms with van der Waals surface area (Å²) < 4.78 is 38.7. The van der Waals surface area contributed by atoms with E-state index in [1.54, 1.807) is 20.8 Å². The van der Waals surface area contributed by atoms with Crippen LogP contribution < -0.4 is 0 Å². The van der Waals surface area contributed by atoms with E-state index in [9.17, 15) is 9.13 Å². The second-order valence-corrected chi connectivity index (χ2v) is 7.27.